The summed E-state index contributed by atoms with van der Waals surface area (Å²) in [7, 11) is 0. The average molecular weight is 532 g/mol. The summed E-state index contributed by atoms with van der Waals surface area (Å²) in [5, 5.41) is 6.73. The van der Waals surface area contributed by atoms with Crippen LogP contribution in [0.4, 0.5) is 0 Å². The van der Waals surface area contributed by atoms with Crippen LogP contribution >= 0.6 is 24.0 Å². The van der Waals surface area contributed by atoms with Crippen LogP contribution in [0.25, 0.3) is 0 Å². The van der Waals surface area contributed by atoms with Gasteiger partial charge < -0.3 is 25.8 Å². The lowest BCUT2D eigenvalue weighted by Gasteiger charge is -2.29. The summed E-state index contributed by atoms with van der Waals surface area (Å²) in [6.45, 7) is 5.37. The van der Waals surface area contributed by atoms with E-state index in [0.29, 0.717) is 18.9 Å². The molecule has 0 aromatic heterocycles. The van der Waals surface area contributed by atoms with Crippen LogP contribution in [0, 0.1) is 5.92 Å². The van der Waals surface area contributed by atoms with Crippen molar-refractivity contribution in [2.24, 2.45) is 16.6 Å². The molecule has 2 rings (SSSR count). The molecule has 1 aliphatic rings. The van der Waals surface area contributed by atoms with E-state index in [2.05, 4.69) is 15.6 Å². The maximum Gasteiger partial charge on any atom is 0.308 e. The van der Waals surface area contributed by atoms with E-state index >= 15 is 0 Å². The Kier molecular flexibility index (Phi) is 12.2. The number of ether oxygens (including phenoxy) is 2. The van der Waals surface area contributed by atoms with Gasteiger partial charge in [-0.15, -0.1) is 24.0 Å². The predicted octanol–water partition coefficient (Wildman–Crippen LogP) is 2.35. The Morgan fingerprint density at radius 2 is 1.93 bits per heavy atom. The van der Waals surface area contributed by atoms with Gasteiger partial charge in [0.05, 0.1) is 19.1 Å². The van der Waals surface area contributed by atoms with Crippen molar-refractivity contribution in [3.63, 3.8) is 0 Å². The van der Waals surface area contributed by atoms with Gasteiger partial charge in [-0.1, -0.05) is 12.1 Å². The number of rotatable bonds is 9. The summed E-state index contributed by atoms with van der Waals surface area (Å²) < 4.78 is 10.5. The third-order valence-corrected chi connectivity index (χ3v) is 4.73. The maximum absolute atomic E-state index is 11.9. The van der Waals surface area contributed by atoms with E-state index in [9.17, 15) is 9.59 Å². The number of hydrogen-bond donors (Lipinski definition) is 3. The van der Waals surface area contributed by atoms with Crippen molar-refractivity contribution >= 4 is 41.8 Å². The Bertz CT molecular complexity index is 706. The van der Waals surface area contributed by atoms with Crippen molar-refractivity contribution < 1.29 is 19.1 Å². The molecule has 8 nitrogen and oxygen atoms in total. The normalized spacial score (nSPS) is 18.7. The largest absolute Gasteiger partial charge is 0.484 e. The lowest BCUT2D eigenvalue weighted by molar-refractivity contribution is -0.149. The molecule has 0 bridgehead atoms. The molecule has 1 aromatic carbocycles. The molecule has 4 N–H and O–H groups in total. The first-order chi connectivity index (χ1) is 14.0. The number of halogens is 1. The van der Waals surface area contributed by atoms with Crippen LogP contribution in [0.5, 0.6) is 5.75 Å². The van der Waals surface area contributed by atoms with E-state index in [4.69, 9.17) is 15.2 Å². The number of benzene rings is 1. The summed E-state index contributed by atoms with van der Waals surface area (Å²) in [5.74, 6) is 0.757. The van der Waals surface area contributed by atoms with Crippen LogP contribution in [0.15, 0.2) is 29.3 Å². The molecular formula is C21H33IN4O4. The minimum atomic E-state index is -0.510. The van der Waals surface area contributed by atoms with Crippen molar-refractivity contribution in [3.05, 3.63) is 29.8 Å². The summed E-state index contributed by atoms with van der Waals surface area (Å²) in [6, 6.07) is 7.72. The number of aliphatic imine (C=N–C) groups is 1. The number of primary amides is 1. The fraction of sp³-hybridized carbons (Fsp3) is 0.571. The van der Waals surface area contributed by atoms with E-state index in [0.717, 1.165) is 43.8 Å². The number of carbonyl (C=O) groups is 2. The number of carbonyl (C=O) groups excluding carboxylic acids is 2. The zero-order chi connectivity index (χ0) is 21.1. The zero-order valence-electron chi connectivity index (χ0n) is 17.7. The van der Waals surface area contributed by atoms with Gasteiger partial charge in [0.25, 0.3) is 5.91 Å². The second kappa shape index (κ2) is 14.1. The van der Waals surface area contributed by atoms with Gasteiger partial charge in [-0.3, -0.25) is 9.59 Å². The summed E-state index contributed by atoms with van der Waals surface area (Å²) in [5.41, 5.74) is 6.08. The molecule has 30 heavy (non-hydrogen) atoms. The first kappa shape index (κ1) is 26.0. The molecule has 1 aliphatic carbocycles. The topological polar surface area (TPSA) is 115 Å². The maximum atomic E-state index is 11.9. The lowest BCUT2D eigenvalue weighted by Crippen LogP contribution is -2.45. The van der Waals surface area contributed by atoms with E-state index in [1.807, 2.05) is 32.0 Å². The van der Waals surface area contributed by atoms with Crippen LogP contribution in [-0.4, -0.2) is 43.6 Å². The van der Waals surface area contributed by atoms with E-state index < -0.39 is 5.91 Å². The molecule has 0 unspecified atom stereocenters. The molecule has 9 heteroatoms. The third kappa shape index (κ3) is 9.19. The van der Waals surface area contributed by atoms with Crippen molar-refractivity contribution in [1.82, 2.24) is 10.6 Å². The monoisotopic (exact) mass is 532 g/mol. The highest BCUT2D eigenvalue weighted by atomic mass is 127. The Morgan fingerprint density at radius 1 is 1.20 bits per heavy atom. The molecule has 0 saturated heterocycles. The number of guanidine groups is 1. The average Bonchev–Trinajstić information content (AvgIpc) is 2.72. The summed E-state index contributed by atoms with van der Waals surface area (Å²) in [6.07, 6.45) is 3.47. The summed E-state index contributed by atoms with van der Waals surface area (Å²) in [4.78, 5) is 27.4. The van der Waals surface area contributed by atoms with Crippen molar-refractivity contribution in [2.45, 2.75) is 52.1 Å². The number of esters is 1. The molecule has 0 radical (unpaired) electrons. The number of nitrogens with two attached hydrogens (primary N) is 1. The minimum absolute atomic E-state index is 0. The van der Waals surface area contributed by atoms with Crippen LogP contribution in [0.3, 0.4) is 0 Å². The van der Waals surface area contributed by atoms with Gasteiger partial charge in [0, 0.05) is 12.6 Å². The number of nitrogens with zero attached hydrogens (tertiary/aromatic N) is 1. The Hall–Kier alpha value is -2.04. The predicted molar refractivity (Wildman–Crippen MR) is 127 cm³/mol. The van der Waals surface area contributed by atoms with Gasteiger partial charge in [0.1, 0.15) is 5.75 Å². The number of nitrogens with one attached hydrogen (secondary N) is 2. The molecule has 1 amide bonds. The van der Waals surface area contributed by atoms with Crippen molar-refractivity contribution in [2.75, 3.05) is 19.8 Å². The van der Waals surface area contributed by atoms with E-state index in [1.54, 1.807) is 6.07 Å². The van der Waals surface area contributed by atoms with Crippen molar-refractivity contribution in [1.29, 1.82) is 0 Å². The molecule has 0 aliphatic heterocycles. The van der Waals surface area contributed by atoms with E-state index in [-0.39, 0.29) is 48.5 Å². The smallest absolute Gasteiger partial charge is 0.308 e. The minimum Gasteiger partial charge on any atom is -0.484 e. The van der Waals surface area contributed by atoms with Gasteiger partial charge in [-0.25, -0.2) is 4.99 Å². The fourth-order valence-electron chi connectivity index (χ4n) is 3.31. The van der Waals surface area contributed by atoms with Gasteiger partial charge in [0.15, 0.2) is 12.6 Å². The highest BCUT2D eigenvalue weighted by Gasteiger charge is 2.27. The molecule has 1 saturated carbocycles. The first-order valence-corrected chi connectivity index (χ1v) is 10.2. The van der Waals surface area contributed by atoms with Gasteiger partial charge >= 0.3 is 5.97 Å². The highest BCUT2D eigenvalue weighted by Crippen LogP contribution is 2.25. The standard InChI is InChI=1S/C21H32N4O4.HI/c1-3-23-21(25-17-10-8-16(9-11-17)20(27)28-4-2)24-13-15-6-5-7-18(12-15)29-14-19(22)26;/h5-7,12,16-17H,3-4,8-11,13-14H2,1-2H3,(H2,22,26)(H2,23,24,25);1H. The number of hydrogen-bond acceptors (Lipinski definition) is 5. The van der Waals surface area contributed by atoms with Crippen LogP contribution < -0.4 is 21.1 Å². The van der Waals surface area contributed by atoms with Gasteiger partial charge in [-0.05, 0) is 57.2 Å². The third-order valence-electron chi connectivity index (χ3n) is 4.73. The molecule has 1 aromatic rings. The zero-order valence-corrected chi connectivity index (χ0v) is 20.0. The van der Waals surface area contributed by atoms with Crippen LogP contribution in [0.2, 0.25) is 0 Å². The van der Waals surface area contributed by atoms with Crippen LogP contribution in [-0.2, 0) is 20.9 Å². The second-order valence-corrected chi connectivity index (χ2v) is 7.04. The van der Waals surface area contributed by atoms with E-state index in [1.165, 1.54) is 0 Å². The van der Waals surface area contributed by atoms with Gasteiger partial charge in [-0.2, -0.15) is 0 Å². The molecule has 0 atom stereocenters. The first-order valence-electron chi connectivity index (χ1n) is 10.2. The quantitative estimate of drug-likeness (QED) is 0.195. The molecular weight excluding hydrogens is 499 g/mol. The lowest BCUT2D eigenvalue weighted by atomic mass is 9.86. The highest BCUT2D eigenvalue weighted by molar-refractivity contribution is 14.0. The molecule has 1 fully saturated rings. The van der Waals surface area contributed by atoms with Crippen molar-refractivity contribution in [3.8, 4) is 5.75 Å². The molecule has 0 heterocycles. The Morgan fingerprint density at radius 3 is 2.57 bits per heavy atom. The summed E-state index contributed by atoms with van der Waals surface area (Å²) >= 11 is 0. The Labute approximate surface area is 195 Å². The van der Waals surface area contributed by atoms with Crippen LogP contribution in [0.1, 0.15) is 45.1 Å². The fourth-order valence-corrected chi connectivity index (χ4v) is 3.31. The Balaban J connectivity index is 0.00000450. The second-order valence-electron chi connectivity index (χ2n) is 7.04. The SMILES string of the molecule is CCNC(=NCc1cccc(OCC(N)=O)c1)NC1CCC(C(=O)OCC)CC1.I. The van der Waals surface area contributed by atoms with Gasteiger partial charge in [0.2, 0.25) is 0 Å². The molecule has 0 spiro atoms. The number of amides is 1. The molecule has 168 valence electrons.